The lowest BCUT2D eigenvalue weighted by Crippen LogP contribution is -2.22. The minimum absolute atomic E-state index is 0.221. The van der Waals surface area contributed by atoms with Crippen LogP contribution >= 0.6 is 0 Å². The van der Waals surface area contributed by atoms with Crippen molar-refractivity contribution < 1.29 is 4.79 Å². The van der Waals surface area contributed by atoms with E-state index in [0.29, 0.717) is 6.42 Å². The largest absolute Gasteiger partial charge is 0.303 e. The molecule has 0 spiro atoms. The fourth-order valence-electron chi connectivity index (χ4n) is 1.72. The van der Waals surface area contributed by atoms with Gasteiger partial charge in [0.15, 0.2) is 0 Å². The number of hydrogen-bond donors (Lipinski definition) is 0. The summed E-state index contributed by atoms with van der Waals surface area (Å²) in [7, 11) is 0. The Balaban J connectivity index is 4.27. The highest BCUT2D eigenvalue weighted by molar-refractivity contribution is 5.60. The molecule has 0 rings (SSSR count). The second-order valence-corrected chi connectivity index (χ2v) is 4.07. The highest BCUT2D eigenvalue weighted by atomic mass is 16.1. The maximum Gasteiger partial charge on any atom is 0.127 e. The molecule has 0 aromatic rings. The van der Waals surface area contributed by atoms with Crippen LogP contribution in [0.1, 0.15) is 58.8 Å². The summed E-state index contributed by atoms with van der Waals surface area (Å²) in [5.41, 5.74) is -0.221. The van der Waals surface area contributed by atoms with Crippen LogP contribution < -0.4 is 0 Å². The molecule has 80 valence electrons. The summed E-state index contributed by atoms with van der Waals surface area (Å²) in [6.45, 7) is 4.29. The summed E-state index contributed by atoms with van der Waals surface area (Å²) in [4.78, 5) is 11.1. The lowest BCUT2D eigenvalue weighted by atomic mass is 9.77. The number of hydrogen-bond acceptors (Lipinski definition) is 1. The zero-order valence-electron chi connectivity index (χ0n) is 9.51. The summed E-state index contributed by atoms with van der Waals surface area (Å²) in [6, 6.07) is 0. The number of carbonyl (C=O) groups excluding carboxylic acids is 1. The van der Waals surface area contributed by atoms with Crippen LogP contribution in [0.15, 0.2) is 0 Å². The molecule has 0 aliphatic rings. The van der Waals surface area contributed by atoms with Crippen LogP contribution in [0.25, 0.3) is 0 Å². The Morgan fingerprint density at radius 3 is 2.00 bits per heavy atom. The molecule has 0 aromatic heterocycles. The average molecular weight is 194 g/mol. The van der Waals surface area contributed by atoms with Gasteiger partial charge >= 0.3 is 0 Å². The van der Waals surface area contributed by atoms with Crippen molar-refractivity contribution in [3.05, 3.63) is 0 Å². The smallest absolute Gasteiger partial charge is 0.127 e. The molecular weight excluding hydrogens is 172 g/mol. The molecule has 1 nitrogen and oxygen atoms in total. The van der Waals surface area contributed by atoms with Crippen molar-refractivity contribution in [1.29, 1.82) is 0 Å². The van der Waals surface area contributed by atoms with Gasteiger partial charge in [-0.2, -0.15) is 0 Å². The van der Waals surface area contributed by atoms with E-state index < -0.39 is 0 Å². The van der Waals surface area contributed by atoms with Gasteiger partial charge < -0.3 is 4.79 Å². The van der Waals surface area contributed by atoms with E-state index in [-0.39, 0.29) is 5.41 Å². The van der Waals surface area contributed by atoms with Gasteiger partial charge in [0.25, 0.3) is 0 Å². The quantitative estimate of drug-likeness (QED) is 0.426. The predicted octanol–water partition coefficient (Wildman–Crippen LogP) is 3.58. The van der Waals surface area contributed by atoms with Crippen LogP contribution in [0, 0.1) is 17.8 Å². The van der Waals surface area contributed by atoms with Crippen LogP contribution in [0.4, 0.5) is 0 Å². The number of unbranched alkanes of at least 4 members (excludes halogenated alkanes) is 2. The fraction of sp³-hybridized carbons (Fsp3) is 0.769. The second-order valence-electron chi connectivity index (χ2n) is 4.07. The highest BCUT2D eigenvalue weighted by Crippen LogP contribution is 2.32. The molecule has 0 saturated heterocycles. The van der Waals surface area contributed by atoms with Crippen LogP contribution in [0.3, 0.4) is 0 Å². The monoisotopic (exact) mass is 194 g/mol. The third-order valence-corrected chi connectivity index (χ3v) is 2.76. The summed E-state index contributed by atoms with van der Waals surface area (Å²) in [6.07, 6.45) is 13.4. The Morgan fingerprint density at radius 1 is 1.21 bits per heavy atom. The van der Waals surface area contributed by atoms with Gasteiger partial charge in [-0.05, 0) is 12.8 Å². The predicted molar refractivity (Wildman–Crippen MR) is 61.0 cm³/mol. The van der Waals surface area contributed by atoms with Gasteiger partial charge in [0.05, 0.1) is 0 Å². The maximum atomic E-state index is 11.1. The zero-order valence-corrected chi connectivity index (χ0v) is 9.51. The van der Waals surface area contributed by atoms with Crippen molar-refractivity contribution in [2.45, 2.75) is 58.8 Å². The Hall–Kier alpha value is -0.770. The third kappa shape index (κ3) is 4.46. The van der Waals surface area contributed by atoms with E-state index in [1.165, 1.54) is 0 Å². The van der Waals surface area contributed by atoms with E-state index in [4.69, 9.17) is 6.42 Å². The summed E-state index contributed by atoms with van der Waals surface area (Å²) in [5.74, 6) is 2.65. The lowest BCUT2D eigenvalue weighted by Gasteiger charge is -2.25. The normalized spacial score (nSPS) is 10.9. The molecule has 0 aliphatic carbocycles. The molecule has 0 heterocycles. The Morgan fingerprint density at radius 2 is 1.71 bits per heavy atom. The average Bonchev–Trinajstić information content (AvgIpc) is 2.22. The molecule has 0 bridgehead atoms. The molecule has 1 heteroatoms. The molecule has 0 fully saturated rings. The topological polar surface area (TPSA) is 17.1 Å². The van der Waals surface area contributed by atoms with E-state index in [0.717, 1.165) is 44.8 Å². The fourth-order valence-corrected chi connectivity index (χ4v) is 1.72. The van der Waals surface area contributed by atoms with Gasteiger partial charge in [0.1, 0.15) is 6.29 Å². The number of aldehydes is 1. The van der Waals surface area contributed by atoms with Gasteiger partial charge in [-0.3, -0.25) is 0 Å². The molecule has 0 unspecified atom stereocenters. The summed E-state index contributed by atoms with van der Waals surface area (Å²) >= 11 is 0. The first-order valence-corrected chi connectivity index (χ1v) is 5.64. The number of terminal acetylenes is 1. The summed E-state index contributed by atoms with van der Waals surface area (Å²) < 4.78 is 0. The van der Waals surface area contributed by atoms with E-state index in [1.807, 2.05) is 0 Å². The van der Waals surface area contributed by atoms with Gasteiger partial charge in [-0.25, -0.2) is 0 Å². The third-order valence-electron chi connectivity index (χ3n) is 2.76. The van der Waals surface area contributed by atoms with Crippen molar-refractivity contribution >= 4 is 6.29 Å². The maximum absolute atomic E-state index is 11.1. The molecule has 0 radical (unpaired) electrons. The highest BCUT2D eigenvalue weighted by Gasteiger charge is 2.27. The minimum Gasteiger partial charge on any atom is -0.303 e. The van der Waals surface area contributed by atoms with Gasteiger partial charge in [0.2, 0.25) is 0 Å². The van der Waals surface area contributed by atoms with Crippen LogP contribution in [0.2, 0.25) is 0 Å². The molecule has 0 amide bonds. The summed E-state index contributed by atoms with van der Waals surface area (Å²) in [5, 5.41) is 0. The first-order chi connectivity index (χ1) is 6.74. The molecular formula is C13H22O. The SMILES string of the molecule is C#CCC(C=O)(CCCC)CCCC. The Labute approximate surface area is 88.3 Å². The molecule has 0 atom stereocenters. The van der Waals surface area contributed by atoms with Gasteiger partial charge in [-0.1, -0.05) is 39.5 Å². The minimum atomic E-state index is -0.221. The van der Waals surface area contributed by atoms with E-state index in [1.54, 1.807) is 0 Å². The zero-order chi connectivity index (χ0) is 10.9. The van der Waals surface area contributed by atoms with Crippen molar-refractivity contribution in [3.63, 3.8) is 0 Å². The van der Waals surface area contributed by atoms with E-state index in [2.05, 4.69) is 19.8 Å². The first kappa shape index (κ1) is 13.2. The van der Waals surface area contributed by atoms with Crippen molar-refractivity contribution in [1.82, 2.24) is 0 Å². The first-order valence-electron chi connectivity index (χ1n) is 5.64. The standard InChI is InChI=1S/C13H22O/c1-4-7-10-13(12-14,9-6-3)11-8-5-2/h3,12H,4-5,7-11H2,1-2H3. The van der Waals surface area contributed by atoms with Gasteiger partial charge in [0, 0.05) is 11.8 Å². The van der Waals surface area contributed by atoms with E-state index >= 15 is 0 Å². The molecule has 0 aliphatic heterocycles. The van der Waals surface area contributed by atoms with Crippen molar-refractivity contribution in [2.75, 3.05) is 0 Å². The molecule has 14 heavy (non-hydrogen) atoms. The Kier molecular flexibility index (Phi) is 7.20. The lowest BCUT2D eigenvalue weighted by molar-refractivity contribution is -0.116. The van der Waals surface area contributed by atoms with Crippen LogP contribution in [0.5, 0.6) is 0 Å². The number of carbonyl (C=O) groups is 1. The van der Waals surface area contributed by atoms with Crippen LogP contribution in [-0.2, 0) is 4.79 Å². The molecule has 0 N–H and O–H groups in total. The second kappa shape index (κ2) is 7.62. The Bertz CT molecular complexity index is 180. The van der Waals surface area contributed by atoms with Gasteiger partial charge in [-0.15, -0.1) is 12.3 Å². The number of rotatable bonds is 8. The van der Waals surface area contributed by atoms with Crippen LogP contribution in [-0.4, -0.2) is 6.29 Å². The van der Waals surface area contributed by atoms with Crippen molar-refractivity contribution in [2.24, 2.45) is 5.41 Å². The van der Waals surface area contributed by atoms with Crippen molar-refractivity contribution in [3.8, 4) is 12.3 Å². The van der Waals surface area contributed by atoms with E-state index in [9.17, 15) is 4.79 Å². The molecule has 0 saturated carbocycles. The molecule has 0 aromatic carbocycles.